The number of carbonyl (C=O) groups excluding carboxylic acids is 1. The fourth-order valence-corrected chi connectivity index (χ4v) is 4.42. The molecule has 1 atom stereocenters. The summed E-state index contributed by atoms with van der Waals surface area (Å²) in [4.78, 5) is 27.2. The van der Waals surface area contributed by atoms with Crippen LogP contribution >= 0.6 is 23.7 Å². The third-order valence-electron chi connectivity index (χ3n) is 5.30. The molecule has 1 aliphatic heterocycles. The van der Waals surface area contributed by atoms with Crippen LogP contribution in [-0.4, -0.2) is 33.3 Å². The van der Waals surface area contributed by atoms with Gasteiger partial charge in [-0.15, -0.1) is 23.7 Å². The maximum Gasteiger partial charge on any atom is 0.263 e. The lowest BCUT2D eigenvalue weighted by Gasteiger charge is -2.23. The second-order valence-electron chi connectivity index (χ2n) is 7.45. The SMILES string of the molecule is Cc1ccn(CC2CCCNC2)c(=O)c1C(=O)Nc1ccnn1Cc1cccs1.Cl. The molecule has 0 aliphatic carbocycles. The summed E-state index contributed by atoms with van der Waals surface area (Å²) in [7, 11) is 0. The number of amides is 1. The van der Waals surface area contributed by atoms with Crippen molar-refractivity contribution in [2.24, 2.45) is 5.92 Å². The number of nitrogens with zero attached hydrogens (tertiary/aromatic N) is 3. The fraction of sp³-hybridized carbons (Fsp3) is 0.381. The average molecular weight is 448 g/mol. The zero-order valence-electron chi connectivity index (χ0n) is 16.8. The normalized spacial score (nSPS) is 16.1. The van der Waals surface area contributed by atoms with Crippen LogP contribution in [-0.2, 0) is 13.1 Å². The molecule has 0 saturated carbocycles. The Morgan fingerprint density at radius 3 is 2.97 bits per heavy atom. The lowest BCUT2D eigenvalue weighted by molar-refractivity contribution is 0.102. The van der Waals surface area contributed by atoms with Gasteiger partial charge in [0.1, 0.15) is 11.4 Å². The van der Waals surface area contributed by atoms with Crippen LogP contribution in [0.4, 0.5) is 5.82 Å². The van der Waals surface area contributed by atoms with Gasteiger partial charge in [-0.05, 0) is 61.8 Å². The van der Waals surface area contributed by atoms with Gasteiger partial charge in [-0.25, -0.2) is 4.68 Å². The van der Waals surface area contributed by atoms with Crippen LogP contribution in [0.25, 0.3) is 0 Å². The number of halogens is 1. The van der Waals surface area contributed by atoms with E-state index in [1.807, 2.05) is 23.6 Å². The molecular weight excluding hydrogens is 422 g/mol. The molecule has 1 aliphatic rings. The number of pyridine rings is 1. The van der Waals surface area contributed by atoms with Gasteiger partial charge in [0.15, 0.2) is 0 Å². The Labute approximate surface area is 185 Å². The van der Waals surface area contributed by atoms with Crippen LogP contribution in [0.5, 0.6) is 0 Å². The topological polar surface area (TPSA) is 81.0 Å². The summed E-state index contributed by atoms with van der Waals surface area (Å²) >= 11 is 1.64. The zero-order chi connectivity index (χ0) is 20.2. The van der Waals surface area contributed by atoms with E-state index in [1.54, 1.807) is 46.0 Å². The molecule has 160 valence electrons. The number of thiophene rings is 1. The van der Waals surface area contributed by atoms with Gasteiger partial charge in [0.2, 0.25) is 0 Å². The number of rotatable bonds is 6. The molecular formula is C21H26ClN5O2S. The van der Waals surface area contributed by atoms with Gasteiger partial charge in [-0.3, -0.25) is 9.59 Å². The van der Waals surface area contributed by atoms with Crippen LogP contribution in [0.1, 0.15) is 33.6 Å². The summed E-state index contributed by atoms with van der Waals surface area (Å²) in [5.74, 6) is 0.595. The van der Waals surface area contributed by atoms with Crippen LogP contribution in [0, 0.1) is 12.8 Å². The Balaban J connectivity index is 0.00000256. The number of aromatic nitrogens is 3. The summed E-state index contributed by atoms with van der Waals surface area (Å²) < 4.78 is 3.40. The molecule has 1 amide bonds. The minimum Gasteiger partial charge on any atom is -0.316 e. The van der Waals surface area contributed by atoms with Crippen molar-refractivity contribution in [3.63, 3.8) is 0 Å². The summed E-state index contributed by atoms with van der Waals surface area (Å²) in [6.07, 6.45) is 5.66. The lowest BCUT2D eigenvalue weighted by Crippen LogP contribution is -2.36. The van der Waals surface area contributed by atoms with E-state index in [4.69, 9.17) is 0 Å². The first-order valence-corrected chi connectivity index (χ1v) is 10.8. The van der Waals surface area contributed by atoms with Crippen molar-refractivity contribution >= 4 is 35.5 Å². The molecule has 1 saturated heterocycles. The number of nitrogens with one attached hydrogen (secondary N) is 2. The number of carbonyl (C=O) groups is 1. The second-order valence-corrected chi connectivity index (χ2v) is 8.48. The van der Waals surface area contributed by atoms with Gasteiger partial charge in [0, 0.05) is 23.7 Å². The van der Waals surface area contributed by atoms with E-state index in [2.05, 4.69) is 15.7 Å². The molecule has 1 unspecified atom stereocenters. The Bertz CT molecular complexity index is 1040. The lowest BCUT2D eigenvalue weighted by atomic mass is 9.99. The minimum atomic E-state index is -0.392. The van der Waals surface area contributed by atoms with E-state index < -0.39 is 5.91 Å². The second kappa shape index (κ2) is 10.1. The average Bonchev–Trinajstić information content (AvgIpc) is 3.38. The summed E-state index contributed by atoms with van der Waals surface area (Å²) in [5, 5.41) is 12.6. The smallest absolute Gasteiger partial charge is 0.263 e. The monoisotopic (exact) mass is 447 g/mol. The van der Waals surface area contributed by atoms with E-state index in [0.29, 0.717) is 30.4 Å². The minimum absolute atomic E-state index is 0. The summed E-state index contributed by atoms with van der Waals surface area (Å²) in [6.45, 7) is 4.94. The van der Waals surface area contributed by atoms with Gasteiger partial charge in [0.05, 0.1) is 12.7 Å². The maximum absolute atomic E-state index is 13.0. The molecule has 4 heterocycles. The Morgan fingerprint density at radius 1 is 1.37 bits per heavy atom. The highest BCUT2D eigenvalue weighted by Gasteiger charge is 2.20. The van der Waals surface area contributed by atoms with Gasteiger partial charge >= 0.3 is 0 Å². The van der Waals surface area contributed by atoms with Crippen molar-refractivity contribution in [3.8, 4) is 0 Å². The third-order valence-corrected chi connectivity index (χ3v) is 6.16. The van der Waals surface area contributed by atoms with Crippen LogP contribution in [0.3, 0.4) is 0 Å². The van der Waals surface area contributed by atoms with Crippen LogP contribution < -0.4 is 16.2 Å². The molecule has 3 aromatic heterocycles. The number of hydrogen-bond acceptors (Lipinski definition) is 5. The first kappa shape index (κ1) is 22.3. The molecule has 1 fully saturated rings. The van der Waals surface area contributed by atoms with Crippen molar-refractivity contribution < 1.29 is 4.79 Å². The zero-order valence-corrected chi connectivity index (χ0v) is 18.5. The largest absolute Gasteiger partial charge is 0.316 e. The molecule has 30 heavy (non-hydrogen) atoms. The molecule has 0 aromatic carbocycles. The number of anilines is 1. The van der Waals surface area contributed by atoms with E-state index in [1.165, 1.54) is 0 Å². The van der Waals surface area contributed by atoms with Gasteiger partial charge in [-0.1, -0.05) is 6.07 Å². The highest BCUT2D eigenvalue weighted by Crippen LogP contribution is 2.16. The maximum atomic E-state index is 13.0. The van der Waals surface area contributed by atoms with Gasteiger partial charge in [0.25, 0.3) is 11.5 Å². The first-order chi connectivity index (χ1) is 14.1. The highest BCUT2D eigenvalue weighted by molar-refractivity contribution is 7.09. The first-order valence-electron chi connectivity index (χ1n) is 9.88. The molecule has 3 aromatic rings. The van der Waals surface area contributed by atoms with E-state index in [9.17, 15) is 9.59 Å². The van der Waals surface area contributed by atoms with E-state index in [0.717, 1.165) is 30.8 Å². The van der Waals surface area contributed by atoms with Crippen molar-refractivity contribution in [2.45, 2.75) is 32.9 Å². The van der Waals surface area contributed by atoms with Crippen molar-refractivity contribution in [2.75, 3.05) is 18.4 Å². The Kier molecular flexibility index (Phi) is 7.47. The van der Waals surface area contributed by atoms with Crippen LogP contribution in [0.2, 0.25) is 0 Å². The van der Waals surface area contributed by atoms with E-state index in [-0.39, 0.29) is 23.5 Å². The number of aryl methyl sites for hydroxylation is 1. The fourth-order valence-electron chi connectivity index (χ4n) is 3.74. The third kappa shape index (κ3) is 5.00. The van der Waals surface area contributed by atoms with Gasteiger partial charge in [-0.2, -0.15) is 5.10 Å². The number of piperidine rings is 1. The summed E-state index contributed by atoms with van der Waals surface area (Å²) in [6, 6.07) is 7.60. The summed E-state index contributed by atoms with van der Waals surface area (Å²) in [5.41, 5.74) is 0.632. The predicted octanol–water partition coefficient (Wildman–Crippen LogP) is 3.14. The molecule has 0 bridgehead atoms. The standard InChI is InChI=1S/C21H25N5O2S.ClH/c1-15-7-10-25(13-16-4-2-8-22-12-16)21(28)19(15)20(27)24-18-6-9-23-26(18)14-17-5-3-11-29-17;/h3,5-7,9-11,16,22H,2,4,8,12-14H2,1H3,(H,24,27);1H. The van der Waals surface area contributed by atoms with E-state index >= 15 is 0 Å². The molecule has 9 heteroatoms. The Morgan fingerprint density at radius 2 is 2.23 bits per heavy atom. The van der Waals surface area contributed by atoms with Gasteiger partial charge < -0.3 is 15.2 Å². The molecule has 0 spiro atoms. The molecule has 2 N–H and O–H groups in total. The van der Waals surface area contributed by atoms with Crippen LogP contribution in [0.15, 0.2) is 46.8 Å². The van der Waals surface area contributed by atoms with Crippen molar-refractivity contribution in [3.05, 3.63) is 68.4 Å². The molecule has 7 nitrogen and oxygen atoms in total. The molecule has 4 rings (SSSR count). The molecule has 0 radical (unpaired) electrons. The quantitative estimate of drug-likeness (QED) is 0.608. The van der Waals surface area contributed by atoms with Crippen molar-refractivity contribution in [1.82, 2.24) is 19.7 Å². The van der Waals surface area contributed by atoms with Crippen molar-refractivity contribution in [1.29, 1.82) is 0 Å². The Hall–Kier alpha value is -2.42. The predicted molar refractivity (Wildman–Crippen MR) is 122 cm³/mol. The highest BCUT2D eigenvalue weighted by atomic mass is 35.5. The number of hydrogen-bond donors (Lipinski definition) is 2.